The highest BCUT2D eigenvalue weighted by molar-refractivity contribution is 5.04. The highest BCUT2D eigenvalue weighted by Gasteiger charge is 2.48. The van der Waals surface area contributed by atoms with Crippen LogP contribution in [-0.2, 0) is 5.11 Å². The highest BCUT2D eigenvalue weighted by Crippen LogP contribution is 2.49. The second-order valence-corrected chi connectivity index (χ2v) is 3.61. The maximum absolute atomic E-state index is 10.4. The fourth-order valence-corrected chi connectivity index (χ4v) is 2.44. The van der Waals surface area contributed by atoms with E-state index in [1.165, 1.54) is 19.3 Å². The zero-order valence-corrected chi connectivity index (χ0v) is 6.23. The molecule has 2 fully saturated rings. The first-order valence-corrected chi connectivity index (χ1v) is 4.19. The van der Waals surface area contributed by atoms with E-state index in [-0.39, 0.29) is 6.61 Å². The van der Waals surface area contributed by atoms with Crippen molar-refractivity contribution in [3.05, 3.63) is 0 Å². The molecule has 1 aliphatic heterocycles. The molecular formula is C8H14NO. The number of nitrogens with one attached hydrogen (secondary N) is 1. The molecule has 2 unspecified atom stereocenters. The topological polar surface area (TPSA) is 31.9 Å². The van der Waals surface area contributed by atoms with Gasteiger partial charge in [-0.2, -0.15) is 0 Å². The molecule has 57 valence electrons. The minimum Gasteiger partial charge on any atom is -0.313 e. The van der Waals surface area contributed by atoms with Gasteiger partial charge < -0.3 is 5.32 Å². The summed E-state index contributed by atoms with van der Waals surface area (Å²) >= 11 is 0. The second kappa shape index (κ2) is 2.21. The Kier molecular flexibility index (Phi) is 1.46. The molecule has 1 heterocycles. The van der Waals surface area contributed by atoms with Gasteiger partial charge in [-0.1, -0.05) is 0 Å². The van der Waals surface area contributed by atoms with Crippen LogP contribution in [0.1, 0.15) is 25.7 Å². The summed E-state index contributed by atoms with van der Waals surface area (Å²) in [7, 11) is 0. The van der Waals surface area contributed by atoms with E-state index in [1.807, 2.05) is 0 Å². The number of rotatable bonds is 2. The van der Waals surface area contributed by atoms with Gasteiger partial charge in [0.2, 0.25) is 0 Å². The Labute approximate surface area is 61.6 Å². The molecule has 1 N–H and O–H groups in total. The summed E-state index contributed by atoms with van der Waals surface area (Å²) in [5, 5.41) is 13.9. The monoisotopic (exact) mass is 140 g/mol. The first-order chi connectivity index (χ1) is 4.87. The van der Waals surface area contributed by atoms with Crippen LogP contribution in [0.4, 0.5) is 0 Å². The molecule has 1 saturated carbocycles. The second-order valence-electron chi connectivity index (χ2n) is 3.61. The van der Waals surface area contributed by atoms with Crippen molar-refractivity contribution in [1.82, 2.24) is 5.32 Å². The Bertz CT molecular complexity index is 137. The van der Waals surface area contributed by atoms with Gasteiger partial charge in [-0.25, -0.2) is 5.11 Å². The third kappa shape index (κ3) is 0.722. The predicted octanol–water partition coefficient (Wildman–Crippen LogP) is 0.949. The van der Waals surface area contributed by atoms with Crippen LogP contribution in [-0.4, -0.2) is 19.2 Å². The van der Waals surface area contributed by atoms with Crippen LogP contribution in [0.5, 0.6) is 0 Å². The van der Waals surface area contributed by atoms with Crippen LogP contribution < -0.4 is 5.32 Å². The predicted molar refractivity (Wildman–Crippen MR) is 38.2 cm³/mol. The van der Waals surface area contributed by atoms with E-state index in [0.717, 1.165) is 13.0 Å². The fourth-order valence-electron chi connectivity index (χ4n) is 2.44. The van der Waals surface area contributed by atoms with Crippen LogP contribution in [0.3, 0.4) is 0 Å². The van der Waals surface area contributed by atoms with Crippen molar-refractivity contribution in [2.24, 2.45) is 5.41 Å². The zero-order valence-electron chi connectivity index (χ0n) is 6.23. The van der Waals surface area contributed by atoms with Gasteiger partial charge in [0.05, 0.1) is 6.61 Å². The molecular weight excluding hydrogens is 126 g/mol. The standard InChI is InChI=1S/C8H14NO/c10-6-4-8-2-1-7(8)9-5-3-8/h7,9H,1-6H2. The summed E-state index contributed by atoms with van der Waals surface area (Å²) in [4.78, 5) is 0. The molecule has 2 heteroatoms. The van der Waals surface area contributed by atoms with E-state index in [9.17, 15) is 5.11 Å². The summed E-state index contributed by atoms with van der Waals surface area (Å²) < 4.78 is 0. The minimum atomic E-state index is 0.123. The lowest BCUT2D eigenvalue weighted by Crippen LogP contribution is -2.46. The smallest absolute Gasteiger partial charge is 0.0828 e. The molecule has 10 heavy (non-hydrogen) atoms. The molecule has 0 bridgehead atoms. The summed E-state index contributed by atoms with van der Waals surface area (Å²) in [6.45, 7) is 1.27. The average molecular weight is 140 g/mol. The van der Waals surface area contributed by atoms with Crippen molar-refractivity contribution in [2.75, 3.05) is 13.2 Å². The summed E-state index contributed by atoms with van der Waals surface area (Å²) in [6, 6.07) is 0.710. The summed E-state index contributed by atoms with van der Waals surface area (Å²) in [6.07, 6.45) is 4.76. The quantitative estimate of drug-likeness (QED) is 0.608. The normalized spacial score (nSPS) is 44.7. The summed E-state index contributed by atoms with van der Waals surface area (Å²) in [5.41, 5.74) is 0.460. The molecule has 2 aliphatic rings. The zero-order chi connectivity index (χ0) is 7.03. The van der Waals surface area contributed by atoms with Crippen LogP contribution in [0, 0.1) is 5.41 Å². The van der Waals surface area contributed by atoms with Gasteiger partial charge in [0.1, 0.15) is 0 Å². The van der Waals surface area contributed by atoms with Gasteiger partial charge in [0, 0.05) is 6.04 Å². The molecule has 2 atom stereocenters. The molecule has 0 aromatic rings. The van der Waals surface area contributed by atoms with Crippen molar-refractivity contribution in [3.8, 4) is 0 Å². The van der Waals surface area contributed by atoms with Crippen LogP contribution in [0.15, 0.2) is 0 Å². The van der Waals surface area contributed by atoms with E-state index in [4.69, 9.17) is 0 Å². The first kappa shape index (κ1) is 6.62. The molecule has 1 saturated heterocycles. The lowest BCUT2D eigenvalue weighted by Gasteiger charge is -2.44. The Morgan fingerprint density at radius 3 is 2.90 bits per heavy atom. The molecule has 0 spiro atoms. The largest absolute Gasteiger partial charge is 0.313 e. The molecule has 0 aromatic heterocycles. The van der Waals surface area contributed by atoms with E-state index >= 15 is 0 Å². The number of hydrogen-bond donors (Lipinski definition) is 1. The van der Waals surface area contributed by atoms with E-state index < -0.39 is 0 Å². The fraction of sp³-hybridized carbons (Fsp3) is 1.00. The van der Waals surface area contributed by atoms with Crippen molar-refractivity contribution < 1.29 is 5.11 Å². The first-order valence-electron chi connectivity index (χ1n) is 4.19. The molecule has 1 aliphatic carbocycles. The molecule has 0 aromatic carbocycles. The van der Waals surface area contributed by atoms with Gasteiger partial charge in [-0.15, -0.1) is 0 Å². The van der Waals surface area contributed by atoms with Gasteiger partial charge in [0.25, 0.3) is 0 Å². The Balaban J connectivity index is 2.00. The number of fused-ring (bicyclic) bond motifs is 1. The SMILES string of the molecule is [O]CCC12CCNC1CC2. The van der Waals surface area contributed by atoms with Crippen LogP contribution >= 0.6 is 0 Å². The van der Waals surface area contributed by atoms with Gasteiger partial charge >= 0.3 is 0 Å². The maximum atomic E-state index is 10.4. The summed E-state index contributed by atoms with van der Waals surface area (Å²) in [5.74, 6) is 0. The third-order valence-corrected chi connectivity index (χ3v) is 3.28. The molecule has 2 rings (SSSR count). The molecule has 2 nitrogen and oxygen atoms in total. The Morgan fingerprint density at radius 2 is 2.40 bits per heavy atom. The highest BCUT2D eigenvalue weighted by atomic mass is 16.3. The maximum Gasteiger partial charge on any atom is 0.0828 e. The van der Waals surface area contributed by atoms with Crippen molar-refractivity contribution in [3.63, 3.8) is 0 Å². The van der Waals surface area contributed by atoms with Gasteiger partial charge in [-0.05, 0) is 37.6 Å². The van der Waals surface area contributed by atoms with E-state index in [1.54, 1.807) is 0 Å². The minimum absolute atomic E-state index is 0.123. The molecule has 0 amide bonds. The lowest BCUT2D eigenvalue weighted by molar-refractivity contribution is 0.0538. The van der Waals surface area contributed by atoms with Crippen molar-refractivity contribution in [1.29, 1.82) is 0 Å². The lowest BCUT2D eigenvalue weighted by atomic mass is 9.63. The third-order valence-electron chi connectivity index (χ3n) is 3.28. The average Bonchev–Trinajstić information content (AvgIpc) is 2.15. The number of hydrogen-bond acceptors (Lipinski definition) is 1. The van der Waals surface area contributed by atoms with E-state index in [2.05, 4.69) is 5.32 Å². The Hall–Kier alpha value is -0.0800. The Morgan fingerprint density at radius 1 is 1.50 bits per heavy atom. The molecule has 1 radical (unpaired) electrons. The van der Waals surface area contributed by atoms with Gasteiger partial charge in [-0.3, -0.25) is 0 Å². The van der Waals surface area contributed by atoms with E-state index in [0.29, 0.717) is 11.5 Å². The van der Waals surface area contributed by atoms with Crippen LogP contribution in [0.25, 0.3) is 0 Å². The van der Waals surface area contributed by atoms with Crippen molar-refractivity contribution >= 4 is 0 Å². The van der Waals surface area contributed by atoms with Crippen LogP contribution in [0.2, 0.25) is 0 Å². The van der Waals surface area contributed by atoms with Gasteiger partial charge in [0.15, 0.2) is 0 Å². The van der Waals surface area contributed by atoms with Crippen molar-refractivity contribution in [2.45, 2.75) is 31.7 Å².